The molecule has 5 aliphatic heterocycles. The predicted octanol–water partition coefficient (Wildman–Crippen LogP) is 7.73. The summed E-state index contributed by atoms with van der Waals surface area (Å²) >= 11 is 0. The molecule has 6 rings (SSSR count). The molecule has 45 heavy (non-hydrogen) atoms. The number of hydrogen-bond acceptors (Lipinski definition) is 7. The molecule has 0 aromatic heterocycles. The van der Waals surface area contributed by atoms with Gasteiger partial charge in [0.2, 0.25) is 0 Å². The molecule has 8 heteroatoms. The second-order valence-electron chi connectivity index (χ2n) is 12.8. The van der Waals surface area contributed by atoms with Gasteiger partial charge in [0.25, 0.3) is 0 Å². The van der Waals surface area contributed by atoms with E-state index in [2.05, 4.69) is 59.0 Å². The van der Waals surface area contributed by atoms with Crippen molar-refractivity contribution in [2.75, 3.05) is 6.61 Å². The molecule has 236 valence electrons. The van der Waals surface area contributed by atoms with Crippen molar-refractivity contribution in [2.24, 2.45) is 26.8 Å². The van der Waals surface area contributed by atoms with Gasteiger partial charge in [0.15, 0.2) is 0 Å². The fourth-order valence-corrected chi connectivity index (χ4v) is 7.40. The summed E-state index contributed by atoms with van der Waals surface area (Å²) in [6, 6.07) is 0. The maximum absolute atomic E-state index is 11.7. The Labute approximate surface area is 265 Å². The Balaban J connectivity index is 1.57. The van der Waals surface area contributed by atoms with Crippen molar-refractivity contribution in [3.8, 4) is 0 Å². The Morgan fingerprint density at radius 3 is 2.49 bits per heavy atom. The quantitative estimate of drug-likeness (QED) is 0.232. The number of hydrogen-bond donors (Lipinski definition) is 3. The standard InChI is InChI=1S/C37H44N4O4/c1-8-10-13-45-22(7)34-20(5)28-15-27-19(4)24(11-12-33(43)44)36(40-27)25-14-32(42)35-21(6)29(41-37(25)35)16-30-23(9-2)18(3)26(38-30)17-31(34)39-28/h15-17,19,22,24,40,42H,8-14H2,1-7H3,(H,43,44)/t19-,22?,24-/m0/s1. The summed E-state index contributed by atoms with van der Waals surface area (Å²) < 4.78 is 6.32. The average Bonchev–Trinajstić information content (AvgIpc) is 3.74. The molecule has 5 heterocycles. The Kier molecular flexibility index (Phi) is 8.29. The number of carboxylic acids is 1. The highest BCUT2D eigenvalue weighted by Gasteiger charge is 2.41. The minimum Gasteiger partial charge on any atom is -0.511 e. The van der Waals surface area contributed by atoms with Gasteiger partial charge >= 0.3 is 5.97 Å². The van der Waals surface area contributed by atoms with Gasteiger partial charge in [-0.15, -0.1) is 0 Å². The third kappa shape index (κ3) is 5.33. The SMILES string of the molecule is CCCCOC(C)C1=C(C)C2=NC1=CC1=NC(=CC3=C(C)C4=C(O)CC(=C5NC(=C2)[C@@H](C)[C@@H]5CCC(=O)O)C4=N3)C(CC)=C1C. The van der Waals surface area contributed by atoms with Crippen molar-refractivity contribution in [3.63, 3.8) is 0 Å². The zero-order chi connectivity index (χ0) is 32.2. The molecule has 6 aliphatic rings. The Bertz CT molecular complexity index is 1730. The molecule has 0 saturated carbocycles. The fourth-order valence-electron chi connectivity index (χ4n) is 7.40. The number of rotatable bonds is 9. The average molecular weight is 609 g/mol. The van der Waals surface area contributed by atoms with E-state index in [0.29, 0.717) is 25.2 Å². The van der Waals surface area contributed by atoms with Crippen LogP contribution in [0.5, 0.6) is 0 Å². The molecule has 1 unspecified atom stereocenters. The molecular weight excluding hydrogens is 564 g/mol. The number of carboxylic acid groups (broad SMARTS) is 1. The van der Waals surface area contributed by atoms with Gasteiger partial charge in [-0.25, -0.2) is 15.0 Å². The van der Waals surface area contributed by atoms with Crippen molar-refractivity contribution in [2.45, 2.75) is 93.1 Å². The number of ether oxygens (including phenoxy) is 1. The Morgan fingerprint density at radius 1 is 1.04 bits per heavy atom. The van der Waals surface area contributed by atoms with Crippen molar-refractivity contribution in [1.29, 1.82) is 0 Å². The lowest BCUT2D eigenvalue weighted by atomic mass is 9.86. The summed E-state index contributed by atoms with van der Waals surface area (Å²) in [5, 5.41) is 24.5. The number of aliphatic carboxylic acids is 1. The Hall–Kier alpha value is -4.04. The van der Waals surface area contributed by atoms with Crippen LogP contribution in [0.15, 0.2) is 106 Å². The highest BCUT2D eigenvalue weighted by Crippen LogP contribution is 2.46. The van der Waals surface area contributed by atoms with Crippen molar-refractivity contribution >= 4 is 23.1 Å². The smallest absolute Gasteiger partial charge is 0.303 e. The summed E-state index contributed by atoms with van der Waals surface area (Å²) in [5.41, 5.74) is 14.1. The topological polar surface area (TPSA) is 116 Å². The number of aliphatic hydroxyl groups excluding tert-OH is 1. The normalized spacial score (nSPS) is 24.7. The number of nitrogens with zero attached hydrogens (tertiary/aromatic N) is 3. The first-order valence-corrected chi connectivity index (χ1v) is 16.3. The molecule has 8 nitrogen and oxygen atoms in total. The van der Waals surface area contributed by atoms with Gasteiger partial charge in [-0.2, -0.15) is 0 Å². The summed E-state index contributed by atoms with van der Waals surface area (Å²) in [5.74, 6) is -0.555. The highest BCUT2D eigenvalue weighted by atomic mass is 16.5. The van der Waals surface area contributed by atoms with Crippen LogP contribution in [-0.2, 0) is 9.53 Å². The van der Waals surface area contributed by atoms with E-state index in [-0.39, 0.29) is 24.4 Å². The van der Waals surface area contributed by atoms with Crippen LogP contribution < -0.4 is 5.32 Å². The molecule has 8 bridgehead atoms. The first-order chi connectivity index (χ1) is 21.5. The highest BCUT2D eigenvalue weighted by molar-refractivity contribution is 6.21. The second-order valence-corrected chi connectivity index (χ2v) is 12.8. The van der Waals surface area contributed by atoms with Crippen LogP contribution in [0, 0.1) is 11.8 Å². The number of nitrogens with one attached hydrogen (secondary N) is 1. The minimum absolute atomic E-state index is 0.0225. The zero-order valence-electron chi connectivity index (χ0n) is 27.5. The molecule has 0 aromatic rings. The number of allylic oxidation sites excluding steroid dienone is 11. The number of fused-ring (bicyclic) bond motifs is 5. The number of aliphatic imine (C=N–C) groups is 3. The first kappa shape index (κ1) is 31.0. The third-order valence-electron chi connectivity index (χ3n) is 10.0. The van der Waals surface area contributed by atoms with E-state index in [4.69, 9.17) is 19.7 Å². The summed E-state index contributed by atoms with van der Waals surface area (Å²) in [6.07, 6.45) is 9.91. The molecule has 0 aromatic carbocycles. The lowest BCUT2D eigenvalue weighted by molar-refractivity contribution is -0.137. The van der Waals surface area contributed by atoms with Gasteiger partial charge in [0, 0.05) is 59.4 Å². The van der Waals surface area contributed by atoms with E-state index in [9.17, 15) is 15.0 Å². The monoisotopic (exact) mass is 608 g/mol. The van der Waals surface area contributed by atoms with Crippen LogP contribution >= 0.6 is 0 Å². The molecule has 0 spiro atoms. The zero-order valence-corrected chi connectivity index (χ0v) is 27.5. The predicted molar refractivity (Wildman–Crippen MR) is 179 cm³/mol. The number of carbonyl (C=O) groups is 1. The van der Waals surface area contributed by atoms with Crippen LogP contribution in [0.3, 0.4) is 0 Å². The molecule has 0 radical (unpaired) electrons. The largest absolute Gasteiger partial charge is 0.511 e. The summed E-state index contributed by atoms with van der Waals surface area (Å²) in [7, 11) is 0. The third-order valence-corrected chi connectivity index (χ3v) is 10.0. The van der Waals surface area contributed by atoms with E-state index in [1.54, 1.807) is 0 Å². The maximum Gasteiger partial charge on any atom is 0.303 e. The lowest BCUT2D eigenvalue weighted by Gasteiger charge is -2.17. The van der Waals surface area contributed by atoms with Crippen LogP contribution in [0.4, 0.5) is 0 Å². The van der Waals surface area contributed by atoms with Gasteiger partial charge in [-0.3, -0.25) is 4.79 Å². The summed E-state index contributed by atoms with van der Waals surface area (Å²) in [6.45, 7) is 15.5. The van der Waals surface area contributed by atoms with E-state index < -0.39 is 5.97 Å². The fraction of sp³-hybridized carbons (Fsp3) is 0.459. The van der Waals surface area contributed by atoms with Crippen molar-refractivity contribution in [1.82, 2.24) is 5.32 Å². The molecule has 3 N–H and O–H groups in total. The molecular formula is C37H44N4O4. The second kappa shape index (κ2) is 12.0. The molecule has 3 atom stereocenters. The number of unbranched alkanes of at least 4 members (excludes halogenated alkanes) is 1. The molecule has 0 amide bonds. The van der Waals surface area contributed by atoms with Gasteiger partial charge in [-0.05, 0) is 87.5 Å². The van der Waals surface area contributed by atoms with Crippen molar-refractivity contribution in [3.05, 3.63) is 91.5 Å². The lowest BCUT2D eigenvalue weighted by Crippen LogP contribution is -2.15. The van der Waals surface area contributed by atoms with E-state index in [1.165, 1.54) is 5.57 Å². The van der Waals surface area contributed by atoms with Gasteiger partial charge in [-0.1, -0.05) is 27.2 Å². The van der Waals surface area contributed by atoms with E-state index >= 15 is 0 Å². The van der Waals surface area contributed by atoms with Crippen LogP contribution in [0.2, 0.25) is 0 Å². The molecule has 1 saturated heterocycles. The minimum atomic E-state index is -0.818. The van der Waals surface area contributed by atoms with Crippen LogP contribution in [-0.4, -0.2) is 46.0 Å². The molecule has 1 fully saturated rings. The van der Waals surface area contributed by atoms with Crippen molar-refractivity contribution < 1.29 is 19.7 Å². The maximum atomic E-state index is 11.7. The van der Waals surface area contributed by atoms with Crippen LogP contribution in [0.1, 0.15) is 87.0 Å². The van der Waals surface area contributed by atoms with E-state index in [0.717, 1.165) is 98.3 Å². The van der Waals surface area contributed by atoms with Crippen LogP contribution in [0.25, 0.3) is 0 Å². The number of aliphatic hydroxyl groups is 1. The first-order valence-electron chi connectivity index (χ1n) is 16.3. The van der Waals surface area contributed by atoms with Gasteiger partial charge < -0.3 is 20.3 Å². The molecule has 1 aliphatic carbocycles. The van der Waals surface area contributed by atoms with Gasteiger partial charge in [0.05, 0.1) is 40.3 Å². The Morgan fingerprint density at radius 2 is 1.78 bits per heavy atom. The van der Waals surface area contributed by atoms with E-state index in [1.807, 2.05) is 13.0 Å². The van der Waals surface area contributed by atoms with Gasteiger partial charge in [0.1, 0.15) is 5.76 Å². The summed E-state index contributed by atoms with van der Waals surface area (Å²) in [4.78, 5) is 27.1.